The molecule has 15 heavy (non-hydrogen) atoms. The first-order valence-corrected chi connectivity index (χ1v) is 5.16. The minimum Gasteiger partial charge on any atom is -0.481 e. The third kappa shape index (κ3) is 3.51. The van der Waals surface area contributed by atoms with Gasteiger partial charge in [0, 0.05) is 19.1 Å². The highest BCUT2D eigenvalue weighted by Crippen LogP contribution is 2.18. The molecule has 1 atom stereocenters. The molecule has 0 aliphatic carbocycles. The predicted molar refractivity (Wildman–Crippen MR) is 55.5 cm³/mol. The van der Waals surface area contributed by atoms with Crippen molar-refractivity contribution in [3.8, 4) is 0 Å². The molecular formula is C10H18N2O3. The number of likely N-dealkylation sites (N-methyl/N-ethyl adjacent to an activating group) is 1. The highest BCUT2D eigenvalue weighted by atomic mass is 16.4. The van der Waals surface area contributed by atoms with Crippen molar-refractivity contribution < 1.29 is 14.7 Å². The van der Waals surface area contributed by atoms with Gasteiger partial charge in [-0.1, -0.05) is 0 Å². The highest BCUT2D eigenvalue weighted by molar-refractivity contribution is 5.93. The van der Waals surface area contributed by atoms with Gasteiger partial charge in [0.05, 0.1) is 0 Å². The number of carbonyl (C=O) groups is 2. The van der Waals surface area contributed by atoms with Crippen LogP contribution in [0.15, 0.2) is 0 Å². The number of amides is 1. The van der Waals surface area contributed by atoms with Crippen molar-refractivity contribution in [2.45, 2.75) is 25.3 Å². The Morgan fingerprint density at radius 1 is 1.47 bits per heavy atom. The van der Waals surface area contributed by atoms with Crippen LogP contribution in [-0.4, -0.2) is 60.0 Å². The van der Waals surface area contributed by atoms with Gasteiger partial charge in [-0.05, 0) is 26.9 Å². The molecule has 1 fully saturated rings. The second-order valence-electron chi connectivity index (χ2n) is 4.22. The molecule has 5 heteroatoms. The molecular weight excluding hydrogens is 196 g/mol. The molecule has 0 bridgehead atoms. The third-order valence-electron chi connectivity index (χ3n) is 2.58. The van der Waals surface area contributed by atoms with Crippen molar-refractivity contribution in [3.05, 3.63) is 0 Å². The second kappa shape index (κ2) is 5.11. The Hall–Kier alpha value is -1.10. The normalized spacial score (nSPS) is 21.0. The van der Waals surface area contributed by atoms with E-state index in [0.29, 0.717) is 6.54 Å². The Kier molecular flexibility index (Phi) is 4.08. The van der Waals surface area contributed by atoms with Crippen LogP contribution in [0.1, 0.15) is 19.3 Å². The van der Waals surface area contributed by atoms with Gasteiger partial charge in [0.1, 0.15) is 6.42 Å². The molecule has 1 saturated heterocycles. The maximum atomic E-state index is 11.6. The van der Waals surface area contributed by atoms with Crippen molar-refractivity contribution >= 4 is 11.9 Å². The fourth-order valence-electron chi connectivity index (χ4n) is 2.01. The Morgan fingerprint density at radius 2 is 2.13 bits per heavy atom. The number of aliphatic carboxylic acids is 1. The van der Waals surface area contributed by atoms with E-state index >= 15 is 0 Å². The summed E-state index contributed by atoms with van der Waals surface area (Å²) in [5, 5.41) is 8.55. The SMILES string of the molecule is CN(C)CC1CCCN1C(=O)CC(=O)O. The maximum Gasteiger partial charge on any atom is 0.312 e. The van der Waals surface area contributed by atoms with Gasteiger partial charge >= 0.3 is 5.97 Å². The summed E-state index contributed by atoms with van der Waals surface area (Å²) >= 11 is 0. The summed E-state index contributed by atoms with van der Waals surface area (Å²) in [5.74, 6) is -1.30. The third-order valence-corrected chi connectivity index (χ3v) is 2.58. The van der Waals surface area contributed by atoms with Crippen molar-refractivity contribution in [2.24, 2.45) is 0 Å². The lowest BCUT2D eigenvalue weighted by Gasteiger charge is -2.26. The van der Waals surface area contributed by atoms with Crippen LogP contribution in [0.25, 0.3) is 0 Å². The minimum atomic E-state index is -1.05. The topological polar surface area (TPSA) is 60.9 Å². The van der Waals surface area contributed by atoms with Crippen LogP contribution < -0.4 is 0 Å². The van der Waals surface area contributed by atoms with E-state index in [1.807, 2.05) is 19.0 Å². The van der Waals surface area contributed by atoms with Crippen LogP contribution in [0, 0.1) is 0 Å². The Morgan fingerprint density at radius 3 is 2.67 bits per heavy atom. The van der Waals surface area contributed by atoms with E-state index in [1.165, 1.54) is 0 Å². The monoisotopic (exact) mass is 214 g/mol. The maximum absolute atomic E-state index is 11.6. The number of carbonyl (C=O) groups excluding carboxylic acids is 1. The molecule has 0 spiro atoms. The molecule has 1 amide bonds. The van der Waals surface area contributed by atoms with Crippen LogP contribution in [0.5, 0.6) is 0 Å². The van der Waals surface area contributed by atoms with E-state index in [1.54, 1.807) is 4.90 Å². The lowest BCUT2D eigenvalue weighted by Crippen LogP contribution is -2.41. The number of hydrogen-bond donors (Lipinski definition) is 1. The van der Waals surface area contributed by atoms with Crippen molar-refractivity contribution in [3.63, 3.8) is 0 Å². The Balaban J connectivity index is 2.52. The summed E-state index contributed by atoms with van der Waals surface area (Å²) in [6.07, 6.45) is 1.57. The fourth-order valence-corrected chi connectivity index (χ4v) is 2.01. The summed E-state index contributed by atoms with van der Waals surface area (Å²) < 4.78 is 0. The first kappa shape index (κ1) is 12.0. The number of nitrogens with zero attached hydrogens (tertiary/aromatic N) is 2. The fraction of sp³-hybridized carbons (Fsp3) is 0.800. The molecule has 1 aliphatic rings. The molecule has 1 unspecified atom stereocenters. The van der Waals surface area contributed by atoms with Gasteiger partial charge in [0.15, 0.2) is 0 Å². The van der Waals surface area contributed by atoms with Crippen LogP contribution in [0.3, 0.4) is 0 Å². The zero-order valence-electron chi connectivity index (χ0n) is 9.27. The van der Waals surface area contributed by atoms with Crippen molar-refractivity contribution in [1.29, 1.82) is 0 Å². The zero-order chi connectivity index (χ0) is 11.4. The van der Waals surface area contributed by atoms with Crippen LogP contribution in [0.4, 0.5) is 0 Å². The first-order chi connectivity index (χ1) is 7.00. The summed E-state index contributed by atoms with van der Waals surface area (Å²) in [5.41, 5.74) is 0. The molecule has 5 nitrogen and oxygen atoms in total. The van der Waals surface area contributed by atoms with E-state index in [-0.39, 0.29) is 18.4 Å². The standard InChI is InChI=1S/C10H18N2O3/c1-11(2)7-8-4-3-5-12(8)9(13)6-10(14)15/h8H,3-7H2,1-2H3,(H,14,15). The predicted octanol–water partition coefficient (Wildman–Crippen LogP) is 0.0137. The quantitative estimate of drug-likeness (QED) is 0.670. The lowest BCUT2D eigenvalue weighted by molar-refractivity contribution is -0.144. The molecule has 0 aromatic heterocycles. The van der Waals surface area contributed by atoms with Gasteiger partial charge in [0.2, 0.25) is 5.91 Å². The molecule has 0 radical (unpaired) electrons. The highest BCUT2D eigenvalue weighted by Gasteiger charge is 2.29. The smallest absolute Gasteiger partial charge is 0.312 e. The summed E-state index contributed by atoms with van der Waals surface area (Å²) in [4.78, 5) is 25.7. The van der Waals surface area contributed by atoms with Crippen molar-refractivity contribution in [2.75, 3.05) is 27.2 Å². The summed E-state index contributed by atoms with van der Waals surface area (Å²) in [6, 6.07) is 0.187. The number of rotatable bonds is 4. The Bertz CT molecular complexity index is 253. The van der Waals surface area contributed by atoms with Gasteiger partial charge in [-0.3, -0.25) is 9.59 Å². The second-order valence-corrected chi connectivity index (χ2v) is 4.22. The van der Waals surface area contributed by atoms with Gasteiger partial charge in [-0.2, -0.15) is 0 Å². The van der Waals surface area contributed by atoms with Crippen LogP contribution in [-0.2, 0) is 9.59 Å². The van der Waals surface area contributed by atoms with Gasteiger partial charge in [-0.25, -0.2) is 0 Å². The molecule has 0 aromatic rings. The van der Waals surface area contributed by atoms with Crippen molar-refractivity contribution in [1.82, 2.24) is 9.80 Å². The molecule has 86 valence electrons. The van der Waals surface area contributed by atoms with E-state index in [9.17, 15) is 9.59 Å². The molecule has 1 aliphatic heterocycles. The van der Waals surface area contributed by atoms with E-state index in [0.717, 1.165) is 19.4 Å². The van der Waals surface area contributed by atoms with E-state index < -0.39 is 5.97 Å². The lowest BCUT2D eigenvalue weighted by atomic mass is 10.2. The van der Waals surface area contributed by atoms with Crippen LogP contribution in [0.2, 0.25) is 0 Å². The molecule has 1 N–H and O–H groups in total. The van der Waals surface area contributed by atoms with E-state index in [2.05, 4.69) is 0 Å². The van der Waals surface area contributed by atoms with Crippen LogP contribution >= 0.6 is 0 Å². The number of carboxylic acids is 1. The average Bonchev–Trinajstić information content (AvgIpc) is 2.49. The number of hydrogen-bond acceptors (Lipinski definition) is 3. The minimum absolute atomic E-state index is 0.187. The summed E-state index contributed by atoms with van der Waals surface area (Å²) in [7, 11) is 3.91. The number of carboxylic acid groups (broad SMARTS) is 1. The Labute approximate surface area is 89.7 Å². The molecule has 1 rings (SSSR count). The van der Waals surface area contributed by atoms with E-state index in [4.69, 9.17) is 5.11 Å². The van der Waals surface area contributed by atoms with Gasteiger partial charge in [-0.15, -0.1) is 0 Å². The molecule has 0 aromatic carbocycles. The van der Waals surface area contributed by atoms with Gasteiger partial charge < -0.3 is 14.9 Å². The first-order valence-electron chi connectivity index (χ1n) is 5.16. The number of likely N-dealkylation sites (tertiary alicyclic amines) is 1. The largest absolute Gasteiger partial charge is 0.481 e. The summed E-state index contributed by atoms with van der Waals surface area (Å²) in [6.45, 7) is 1.51. The zero-order valence-corrected chi connectivity index (χ0v) is 9.27. The molecule has 1 heterocycles. The average molecular weight is 214 g/mol. The molecule has 0 saturated carbocycles. The van der Waals surface area contributed by atoms with Gasteiger partial charge in [0.25, 0.3) is 0 Å².